The van der Waals surface area contributed by atoms with E-state index in [0.29, 0.717) is 6.04 Å². The van der Waals surface area contributed by atoms with Crippen LogP contribution in [0.2, 0.25) is 0 Å². The van der Waals surface area contributed by atoms with Gasteiger partial charge < -0.3 is 5.32 Å². The maximum Gasteiger partial charge on any atom is 0.157 e. The van der Waals surface area contributed by atoms with Gasteiger partial charge in [-0.15, -0.1) is 11.3 Å². The first kappa shape index (κ1) is 13.0. The van der Waals surface area contributed by atoms with Gasteiger partial charge in [0, 0.05) is 26.5 Å². The van der Waals surface area contributed by atoms with Crippen molar-refractivity contribution >= 4 is 44.2 Å². The summed E-state index contributed by atoms with van der Waals surface area (Å²) in [7, 11) is 0. The molecule has 1 N–H and O–H groups in total. The topological polar surface area (TPSA) is 24.4 Å². The lowest BCUT2D eigenvalue weighted by Crippen LogP contribution is -2.46. The van der Waals surface area contributed by atoms with Crippen LogP contribution in [0.4, 0.5) is 0 Å². The number of thiophene rings is 1. The molecule has 1 aliphatic heterocycles. The molecule has 0 aromatic carbocycles. The van der Waals surface area contributed by atoms with Crippen molar-refractivity contribution in [3.05, 3.63) is 20.8 Å². The molecule has 0 radical (unpaired) electrons. The molecule has 98 valence electrons. The number of nitrogens with one attached hydrogen (secondary N) is 1. The molecule has 3 rings (SSSR count). The Morgan fingerprint density at radius 3 is 3.11 bits per heavy atom. The summed E-state index contributed by atoms with van der Waals surface area (Å²) < 4.78 is 1.17. The van der Waals surface area contributed by atoms with Crippen molar-refractivity contribution in [1.29, 1.82) is 0 Å². The molecule has 2 nitrogen and oxygen atoms in total. The third-order valence-electron chi connectivity index (χ3n) is 3.65. The van der Waals surface area contributed by atoms with Gasteiger partial charge >= 0.3 is 0 Å². The first-order valence-corrected chi connectivity index (χ1v) is 9.14. The highest BCUT2D eigenvalue weighted by atomic mass is 79.9. The van der Waals surface area contributed by atoms with Crippen LogP contribution in [-0.4, -0.2) is 17.0 Å². The Morgan fingerprint density at radius 2 is 2.28 bits per heavy atom. The average Bonchev–Trinajstić information content (AvgIpc) is 2.82. The zero-order valence-electron chi connectivity index (χ0n) is 10.2. The molecule has 2 fully saturated rings. The second kappa shape index (κ2) is 5.97. The number of thioether (sulfide) groups is 1. The molecule has 18 heavy (non-hydrogen) atoms. The summed E-state index contributed by atoms with van der Waals surface area (Å²) in [6, 6.07) is 2.85. The summed E-state index contributed by atoms with van der Waals surface area (Å²) >= 11 is 7.16. The van der Waals surface area contributed by atoms with Crippen LogP contribution in [0, 0.1) is 5.92 Å². The average molecular weight is 345 g/mol. The minimum Gasteiger partial charge on any atom is -0.362 e. The van der Waals surface area contributed by atoms with Crippen molar-refractivity contribution in [2.75, 3.05) is 5.75 Å². The Hall–Kier alpha value is -0.000000000000000111. The lowest BCUT2D eigenvalue weighted by atomic mass is 9.86. The van der Waals surface area contributed by atoms with Gasteiger partial charge in [0.1, 0.15) is 0 Å². The second-order valence-corrected chi connectivity index (χ2v) is 7.88. The highest BCUT2D eigenvalue weighted by molar-refractivity contribution is 9.10. The number of hydrogen-bond acceptors (Lipinski definition) is 3. The number of hydrogen-bond donors (Lipinski definition) is 1. The summed E-state index contributed by atoms with van der Waals surface area (Å²) in [6.07, 6.45) is 5.52. The maximum atomic E-state index is 4.72. The SMILES string of the molecule is Brc1csc(CN=C2NC3CCCCC3CS2)c1. The van der Waals surface area contributed by atoms with E-state index in [1.165, 1.54) is 40.8 Å². The van der Waals surface area contributed by atoms with E-state index in [4.69, 9.17) is 4.99 Å². The van der Waals surface area contributed by atoms with E-state index >= 15 is 0 Å². The molecule has 1 saturated carbocycles. The van der Waals surface area contributed by atoms with Crippen molar-refractivity contribution in [1.82, 2.24) is 5.32 Å². The van der Waals surface area contributed by atoms with Gasteiger partial charge in [0.15, 0.2) is 5.17 Å². The zero-order chi connectivity index (χ0) is 12.4. The molecule has 1 aromatic heterocycles. The van der Waals surface area contributed by atoms with E-state index in [9.17, 15) is 0 Å². The van der Waals surface area contributed by atoms with E-state index in [2.05, 4.69) is 32.7 Å². The predicted molar refractivity (Wildman–Crippen MR) is 84.5 cm³/mol. The fraction of sp³-hybridized carbons (Fsp3) is 0.615. The molecular formula is C13H17BrN2S2. The van der Waals surface area contributed by atoms with Crippen molar-refractivity contribution in [3.63, 3.8) is 0 Å². The molecule has 2 unspecified atom stereocenters. The normalized spacial score (nSPS) is 29.9. The Kier molecular flexibility index (Phi) is 4.31. The predicted octanol–water partition coefficient (Wildman–Crippen LogP) is 4.26. The zero-order valence-corrected chi connectivity index (χ0v) is 13.4. The van der Waals surface area contributed by atoms with Crippen LogP contribution >= 0.6 is 39.0 Å². The minimum atomic E-state index is 0.689. The van der Waals surface area contributed by atoms with Gasteiger partial charge in [0.05, 0.1) is 6.54 Å². The molecule has 2 aliphatic rings. The fourth-order valence-electron chi connectivity index (χ4n) is 2.66. The van der Waals surface area contributed by atoms with E-state index in [-0.39, 0.29) is 0 Å². The molecular weight excluding hydrogens is 328 g/mol. The van der Waals surface area contributed by atoms with Crippen LogP contribution in [0.15, 0.2) is 20.9 Å². The standard InChI is InChI=1S/C13H17BrN2S2/c14-10-5-11(17-8-10)6-15-13-16-12-4-2-1-3-9(12)7-18-13/h5,8-9,12H,1-4,6-7H2,(H,15,16). The number of amidine groups is 1. The van der Waals surface area contributed by atoms with E-state index < -0.39 is 0 Å². The summed E-state index contributed by atoms with van der Waals surface area (Å²) in [4.78, 5) is 6.04. The highest BCUT2D eigenvalue weighted by Crippen LogP contribution is 2.31. The van der Waals surface area contributed by atoms with E-state index in [1.807, 2.05) is 11.8 Å². The first-order chi connectivity index (χ1) is 8.81. The summed E-state index contributed by atoms with van der Waals surface area (Å²) in [5.74, 6) is 2.13. The number of aliphatic imine (C=N–C) groups is 1. The van der Waals surface area contributed by atoms with Crippen molar-refractivity contribution in [2.45, 2.75) is 38.3 Å². The summed E-state index contributed by atoms with van der Waals surface area (Å²) in [5.41, 5.74) is 0. The molecule has 0 amide bonds. The lowest BCUT2D eigenvalue weighted by Gasteiger charge is -2.36. The van der Waals surface area contributed by atoms with Gasteiger partial charge in [-0.2, -0.15) is 0 Å². The molecule has 0 spiro atoms. The van der Waals surface area contributed by atoms with E-state index in [1.54, 1.807) is 11.3 Å². The van der Waals surface area contributed by atoms with Gasteiger partial charge in [0.2, 0.25) is 0 Å². The van der Waals surface area contributed by atoms with Crippen LogP contribution < -0.4 is 5.32 Å². The van der Waals surface area contributed by atoms with Gasteiger partial charge in [-0.1, -0.05) is 24.6 Å². The van der Waals surface area contributed by atoms with Gasteiger partial charge in [-0.25, -0.2) is 0 Å². The Labute approximate surface area is 125 Å². The molecule has 5 heteroatoms. The number of nitrogens with zero attached hydrogens (tertiary/aromatic N) is 1. The lowest BCUT2D eigenvalue weighted by molar-refractivity contribution is 0.311. The van der Waals surface area contributed by atoms with Crippen LogP contribution in [0.5, 0.6) is 0 Å². The largest absolute Gasteiger partial charge is 0.362 e. The Balaban J connectivity index is 1.59. The molecule has 2 atom stereocenters. The van der Waals surface area contributed by atoms with Gasteiger partial charge in [0.25, 0.3) is 0 Å². The van der Waals surface area contributed by atoms with E-state index in [0.717, 1.165) is 17.6 Å². The number of fused-ring (bicyclic) bond motifs is 1. The van der Waals surface area contributed by atoms with Gasteiger partial charge in [-0.05, 0) is 40.8 Å². The Bertz CT molecular complexity index is 444. The van der Waals surface area contributed by atoms with Gasteiger partial charge in [-0.3, -0.25) is 4.99 Å². The van der Waals surface area contributed by atoms with Crippen LogP contribution in [0.1, 0.15) is 30.6 Å². The Morgan fingerprint density at radius 1 is 1.39 bits per heavy atom. The molecule has 0 bridgehead atoms. The summed E-state index contributed by atoms with van der Waals surface area (Å²) in [5, 5.41) is 6.91. The highest BCUT2D eigenvalue weighted by Gasteiger charge is 2.30. The monoisotopic (exact) mass is 344 g/mol. The fourth-order valence-corrected chi connectivity index (χ4v) is 5.20. The number of rotatable bonds is 2. The van der Waals surface area contributed by atoms with Crippen molar-refractivity contribution in [3.8, 4) is 0 Å². The molecule has 1 aliphatic carbocycles. The van der Waals surface area contributed by atoms with Crippen LogP contribution in [0.3, 0.4) is 0 Å². The molecule has 1 aromatic rings. The third-order valence-corrected chi connectivity index (χ3v) is 6.45. The third kappa shape index (κ3) is 3.11. The summed E-state index contributed by atoms with van der Waals surface area (Å²) in [6.45, 7) is 0.809. The number of halogens is 1. The molecule has 2 heterocycles. The van der Waals surface area contributed by atoms with Crippen LogP contribution in [-0.2, 0) is 6.54 Å². The first-order valence-electron chi connectivity index (χ1n) is 6.48. The quantitative estimate of drug-likeness (QED) is 0.866. The smallest absolute Gasteiger partial charge is 0.157 e. The maximum absolute atomic E-state index is 4.72. The van der Waals surface area contributed by atoms with Crippen molar-refractivity contribution < 1.29 is 0 Å². The second-order valence-electron chi connectivity index (χ2n) is 4.96. The van der Waals surface area contributed by atoms with Crippen LogP contribution in [0.25, 0.3) is 0 Å². The molecule has 1 saturated heterocycles. The minimum absolute atomic E-state index is 0.689. The van der Waals surface area contributed by atoms with Crippen molar-refractivity contribution in [2.24, 2.45) is 10.9 Å².